The number of fused-ring (bicyclic) bond motifs is 1. The highest BCUT2D eigenvalue weighted by atomic mass is 16.6. The molecule has 0 unspecified atom stereocenters. The van der Waals surface area contributed by atoms with Gasteiger partial charge < -0.3 is 15.0 Å². The van der Waals surface area contributed by atoms with E-state index in [4.69, 9.17) is 4.74 Å². The van der Waals surface area contributed by atoms with Gasteiger partial charge in [-0.05, 0) is 45.6 Å². The van der Waals surface area contributed by atoms with Crippen LogP contribution in [0.4, 0.5) is 4.79 Å². The zero-order valence-electron chi connectivity index (χ0n) is 15.3. The Morgan fingerprint density at radius 2 is 2.08 bits per heavy atom. The highest BCUT2D eigenvalue weighted by Gasteiger charge is 2.42. The molecular formula is C18H28N4O3. The van der Waals surface area contributed by atoms with Crippen molar-refractivity contribution < 1.29 is 14.3 Å². The van der Waals surface area contributed by atoms with E-state index < -0.39 is 5.60 Å². The summed E-state index contributed by atoms with van der Waals surface area (Å²) in [5, 5.41) is 7.14. The van der Waals surface area contributed by atoms with Gasteiger partial charge in [0.25, 0.3) is 0 Å². The maximum absolute atomic E-state index is 12.5. The second kappa shape index (κ2) is 7.06. The summed E-state index contributed by atoms with van der Waals surface area (Å²) in [5.74, 6) is 0.854. The molecule has 138 valence electrons. The van der Waals surface area contributed by atoms with Gasteiger partial charge in [0.2, 0.25) is 5.91 Å². The summed E-state index contributed by atoms with van der Waals surface area (Å²) in [6.07, 6.45) is 6.25. The lowest BCUT2D eigenvalue weighted by molar-refractivity contribution is -0.131. The zero-order chi connectivity index (χ0) is 18.0. The van der Waals surface area contributed by atoms with Crippen molar-refractivity contribution in [2.45, 2.75) is 58.2 Å². The van der Waals surface area contributed by atoms with Crippen molar-refractivity contribution in [2.75, 3.05) is 13.1 Å². The predicted molar refractivity (Wildman–Crippen MR) is 92.8 cm³/mol. The van der Waals surface area contributed by atoms with Crippen molar-refractivity contribution in [3.8, 4) is 0 Å². The highest BCUT2D eigenvalue weighted by Crippen LogP contribution is 2.36. The Kier molecular flexibility index (Phi) is 5.01. The van der Waals surface area contributed by atoms with Crippen molar-refractivity contribution in [1.29, 1.82) is 0 Å². The molecule has 1 aliphatic carbocycles. The van der Waals surface area contributed by atoms with Gasteiger partial charge in [-0.1, -0.05) is 6.42 Å². The molecule has 0 aromatic carbocycles. The lowest BCUT2D eigenvalue weighted by Crippen LogP contribution is -2.47. The van der Waals surface area contributed by atoms with Gasteiger partial charge in [-0.2, -0.15) is 5.10 Å². The smallest absolute Gasteiger partial charge is 0.407 e. The fourth-order valence-electron chi connectivity index (χ4n) is 3.95. The van der Waals surface area contributed by atoms with Gasteiger partial charge in [0, 0.05) is 37.4 Å². The van der Waals surface area contributed by atoms with Gasteiger partial charge in [0.15, 0.2) is 0 Å². The standard InChI is InChI=1S/C18H28N4O3/c1-18(2,3)25-17(24)20-15-7-4-6-13-10-21(11-14(13)15)16(23)12-22-9-5-8-19-22/h5,8-9,13-15H,4,6-7,10-12H2,1-3H3,(H,20,24)/t13-,14-,15+/m0/s1. The number of carbonyl (C=O) groups is 2. The number of ether oxygens (including phenoxy) is 1. The van der Waals surface area contributed by atoms with Crippen molar-refractivity contribution in [1.82, 2.24) is 20.0 Å². The van der Waals surface area contributed by atoms with Crippen LogP contribution in [0, 0.1) is 11.8 Å². The van der Waals surface area contributed by atoms with Crippen molar-refractivity contribution in [3.05, 3.63) is 18.5 Å². The van der Waals surface area contributed by atoms with Gasteiger partial charge in [0.1, 0.15) is 12.1 Å². The van der Waals surface area contributed by atoms with E-state index in [2.05, 4.69) is 10.4 Å². The Labute approximate surface area is 148 Å². The summed E-state index contributed by atoms with van der Waals surface area (Å²) < 4.78 is 7.04. The van der Waals surface area contributed by atoms with E-state index in [0.717, 1.165) is 25.8 Å². The van der Waals surface area contributed by atoms with Crippen LogP contribution in [-0.4, -0.2) is 51.4 Å². The monoisotopic (exact) mass is 348 g/mol. The van der Waals surface area contributed by atoms with Crippen molar-refractivity contribution in [2.24, 2.45) is 11.8 Å². The predicted octanol–water partition coefficient (Wildman–Crippen LogP) is 2.03. The van der Waals surface area contributed by atoms with Crippen LogP contribution < -0.4 is 5.32 Å². The minimum absolute atomic E-state index is 0.0797. The fourth-order valence-corrected chi connectivity index (χ4v) is 3.95. The van der Waals surface area contributed by atoms with Crippen LogP contribution in [-0.2, 0) is 16.1 Å². The number of nitrogens with one attached hydrogen (secondary N) is 1. The Bertz CT molecular complexity index is 608. The second-order valence-electron chi connectivity index (χ2n) is 8.11. The van der Waals surface area contributed by atoms with E-state index >= 15 is 0 Å². The van der Waals surface area contributed by atoms with Crippen LogP contribution in [0.5, 0.6) is 0 Å². The molecule has 3 rings (SSSR count). The van der Waals surface area contributed by atoms with Crippen molar-refractivity contribution >= 4 is 12.0 Å². The minimum Gasteiger partial charge on any atom is -0.444 e. The van der Waals surface area contributed by atoms with Gasteiger partial charge in [-0.3, -0.25) is 9.48 Å². The highest BCUT2D eigenvalue weighted by molar-refractivity contribution is 5.76. The molecule has 25 heavy (non-hydrogen) atoms. The molecule has 3 atom stereocenters. The van der Waals surface area contributed by atoms with E-state index in [1.54, 1.807) is 17.1 Å². The first-order valence-corrected chi connectivity index (χ1v) is 9.06. The summed E-state index contributed by atoms with van der Waals surface area (Å²) in [6.45, 7) is 7.34. The van der Waals surface area contributed by atoms with Crippen LogP contribution in [0.25, 0.3) is 0 Å². The maximum atomic E-state index is 12.5. The van der Waals surface area contributed by atoms with E-state index in [9.17, 15) is 9.59 Å². The average molecular weight is 348 g/mol. The lowest BCUT2D eigenvalue weighted by Gasteiger charge is -2.33. The molecule has 2 aliphatic rings. The lowest BCUT2D eigenvalue weighted by atomic mass is 9.78. The molecule has 1 N–H and O–H groups in total. The third-order valence-electron chi connectivity index (χ3n) is 5.01. The minimum atomic E-state index is -0.500. The van der Waals surface area contributed by atoms with Gasteiger partial charge in [-0.15, -0.1) is 0 Å². The summed E-state index contributed by atoms with van der Waals surface area (Å²) in [5.41, 5.74) is -0.500. The molecule has 7 heteroatoms. The van der Waals surface area contributed by atoms with Crippen LogP contribution in [0.1, 0.15) is 40.0 Å². The number of hydrogen-bond acceptors (Lipinski definition) is 4. The van der Waals surface area contributed by atoms with Crippen LogP contribution in [0.15, 0.2) is 18.5 Å². The molecule has 1 aliphatic heterocycles. The molecule has 2 heterocycles. The number of amides is 2. The molecule has 2 fully saturated rings. The van der Waals surface area contributed by atoms with Crippen LogP contribution in [0.3, 0.4) is 0 Å². The third-order valence-corrected chi connectivity index (χ3v) is 5.01. The number of alkyl carbamates (subject to hydrolysis) is 1. The Balaban J connectivity index is 1.58. The van der Waals surface area contributed by atoms with Crippen molar-refractivity contribution in [3.63, 3.8) is 0 Å². The molecule has 0 bridgehead atoms. The number of rotatable bonds is 3. The molecule has 1 saturated carbocycles. The number of carbonyl (C=O) groups excluding carboxylic acids is 2. The van der Waals surface area contributed by atoms with Crippen LogP contribution >= 0.6 is 0 Å². The third kappa shape index (κ3) is 4.52. The molecule has 0 spiro atoms. The van der Waals surface area contributed by atoms with E-state index in [1.807, 2.05) is 31.7 Å². The maximum Gasteiger partial charge on any atom is 0.407 e. The average Bonchev–Trinajstić information content (AvgIpc) is 3.14. The molecular weight excluding hydrogens is 320 g/mol. The second-order valence-corrected chi connectivity index (χ2v) is 8.11. The van der Waals surface area contributed by atoms with Crippen LogP contribution in [0.2, 0.25) is 0 Å². The van der Waals surface area contributed by atoms with Gasteiger partial charge in [0.05, 0.1) is 0 Å². The molecule has 1 aromatic rings. The molecule has 7 nitrogen and oxygen atoms in total. The Morgan fingerprint density at radius 3 is 2.76 bits per heavy atom. The van der Waals surface area contributed by atoms with Gasteiger partial charge in [-0.25, -0.2) is 4.79 Å². The first kappa shape index (κ1) is 17.8. The molecule has 0 radical (unpaired) electrons. The van der Waals surface area contributed by atoms with E-state index in [-0.39, 0.29) is 24.6 Å². The number of aromatic nitrogens is 2. The fraction of sp³-hybridized carbons (Fsp3) is 0.722. The molecule has 1 aromatic heterocycles. The molecule has 2 amide bonds. The first-order chi connectivity index (χ1) is 11.8. The Hall–Kier alpha value is -2.05. The summed E-state index contributed by atoms with van der Waals surface area (Å²) in [4.78, 5) is 26.6. The summed E-state index contributed by atoms with van der Waals surface area (Å²) in [6, 6.07) is 1.90. The molecule has 1 saturated heterocycles. The number of hydrogen-bond donors (Lipinski definition) is 1. The quantitative estimate of drug-likeness (QED) is 0.907. The Morgan fingerprint density at radius 1 is 1.28 bits per heavy atom. The van der Waals surface area contributed by atoms with E-state index in [0.29, 0.717) is 18.4 Å². The van der Waals surface area contributed by atoms with Gasteiger partial charge >= 0.3 is 6.09 Å². The SMILES string of the molecule is CC(C)(C)OC(=O)N[C@@H]1CCC[C@H]2CN(C(=O)Cn3cccn3)C[C@@H]21. The summed E-state index contributed by atoms with van der Waals surface area (Å²) >= 11 is 0. The number of likely N-dealkylation sites (tertiary alicyclic amines) is 1. The van der Waals surface area contributed by atoms with E-state index in [1.165, 1.54) is 0 Å². The first-order valence-electron chi connectivity index (χ1n) is 9.06. The normalized spacial score (nSPS) is 26.2. The summed E-state index contributed by atoms with van der Waals surface area (Å²) in [7, 11) is 0. The zero-order valence-corrected chi connectivity index (χ0v) is 15.3. The number of nitrogens with zero attached hydrogens (tertiary/aromatic N) is 3. The topological polar surface area (TPSA) is 76.5 Å². The largest absolute Gasteiger partial charge is 0.444 e.